The van der Waals surface area contributed by atoms with Crippen molar-refractivity contribution in [2.24, 2.45) is 5.73 Å². The highest BCUT2D eigenvalue weighted by atomic mass is 16.5. The molecule has 5 nitrogen and oxygen atoms in total. The molecule has 1 saturated heterocycles. The van der Waals surface area contributed by atoms with Crippen molar-refractivity contribution in [3.05, 3.63) is 11.6 Å². The van der Waals surface area contributed by atoms with Crippen molar-refractivity contribution in [3.8, 4) is 0 Å². The first-order valence-electron chi connectivity index (χ1n) is 4.97. The van der Waals surface area contributed by atoms with E-state index in [2.05, 4.69) is 21.7 Å². The molecule has 1 aliphatic rings. The Kier molecular flexibility index (Phi) is 2.52. The Morgan fingerprint density at radius 2 is 2.29 bits per heavy atom. The predicted octanol–water partition coefficient (Wildman–Crippen LogP) is 0.0475. The number of rotatable bonds is 2. The molecule has 0 spiro atoms. The molecule has 0 aliphatic carbocycles. The van der Waals surface area contributed by atoms with E-state index in [-0.39, 0.29) is 12.0 Å². The predicted molar refractivity (Wildman–Crippen MR) is 52.0 cm³/mol. The zero-order valence-corrected chi connectivity index (χ0v) is 8.60. The quantitative estimate of drug-likeness (QED) is 0.725. The average Bonchev–Trinajstić information content (AvgIpc) is 2.71. The van der Waals surface area contributed by atoms with E-state index in [0.717, 1.165) is 18.2 Å². The standard InChI is InChI=1S/C9H16N4O/c1-3-13-6(2)11-12-9(13)7-4-14-5-8(7)10/h7-8H,3-5,10H2,1-2H3. The molecule has 0 bridgehead atoms. The van der Waals surface area contributed by atoms with Gasteiger partial charge in [-0.3, -0.25) is 0 Å². The normalized spacial score (nSPS) is 27.1. The van der Waals surface area contributed by atoms with Crippen LogP contribution < -0.4 is 5.73 Å². The minimum Gasteiger partial charge on any atom is -0.379 e. The molecule has 1 aliphatic heterocycles. The second-order valence-corrected chi connectivity index (χ2v) is 3.66. The van der Waals surface area contributed by atoms with Gasteiger partial charge in [-0.25, -0.2) is 0 Å². The third-order valence-electron chi connectivity index (χ3n) is 2.74. The van der Waals surface area contributed by atoms with Crippen molar-refractivity contribution < 1.29 is 4.74 Å². The summed E-state index contributed by atoms with van der Waals surface area (Å²) in [6, 6.07) is 0.0592. The second-order valence-electron chi connectivity index (χ2n) is 3.66. The first-order chi connectivity index (χ1) is 6.74. The lowest BCUT2D eigenvalue weighted by atomic mass is 10.0. The molecule has 2 unspecified atom stereocenters. The number of aryl methyl sites for hydroxylation is 1. The molecule has 5 heteroatoms. The number of hydrogen-bond donors (Lipinski definition) is 1. The maximum Gasteiger partial charge on any atom is 0.140 e. The van der Waals surface area contributed by atoms with Crippen LogP contribution in [0.4, 0.5) is 0 Å². The molecular weight excluding hydrogens is 180 g/mol. The van der Waals surface area contributed by atoms with Crippen molar-refractivity contribution in [1.29, 1.82) is 0 Å². The lowest BCUT2D eigenvalue weighted by molar-refractivity contribution is 0.190. The van der Waals surface area contributed by atoms with Gasteiger partial charge in [-0.2, -0.15) is 0 Å². The van der Waals surface area contributed by atoms with Crippen molar-refractivity contribution in [1.82, 2.24) is 14.8 Å². The van der Waals surface area contributed by atoms with Crippen LogP contribution >= 0.6 is 0 Å². The van der Waals surface area contributed by atoms with Gasteiger partial charge in [0.15, 0.2) is 0 Å². The van der Waals surface area contributed by atoms with E-state index in [9.17, 15) is 0 Å². The van der Waals surface area contributed by atoms with Crippen molar-refractivity contribution in [3.63, 3.8) is 0 Å². The van der Waals surface area contributed by atoms with Crippen LogP contribution in [0.3, 0.4) is 0 Å². The molecular formula is C9H16N4O. The van der Waals surface area contributed by atoms with Gasteiger partial charge < -0.3 is 15.0 Å². The van der Waals surface area contributed by atoms with Gasteiger partial charge in [0, 0.05) is 12.6 Å². The summed E-state index contributed by atoms with van der Waals surface area (Å²) in [5.74, 6) is 2.12. The Morgan fingerprint density at radius 3 is 2.86 bits per heavy atom. The van der Waals surface area contributed by atoms with Gasteiger partial charge in [0.25, 0.3) is 0 Å². The van der Waals surface area contributed by atoms with E-state index < -0.39 is 0 Å². The summed E-state index contributed by atoms with van der Waals surface area (Å²) >= 11 is 0. The van der Waals surface area contributed by atoms with Gasteiger partial charge in [0.05, 0.1) is 19.1 Å². The second kappa shape index (κ2) is 3.67. The van der Waals surface area contributed by atoms with Gasteiger partial charge in [-0.15, -0.1) is 10.2 Å². The summed E-state index contributed by atoms with van der Waals surface area (Å²) in [7, 11) is 0. The molecule has 1 fully saturated rings. The summed E-state index contributed by atoms with van der Waals surface area (Å²) in [4.78, 5) is 0. The number of hydrogen-bond acceptors (Lipinski definition) is 4. The molecule has 0 saturated carbocycles. The molecule has 2 rings (SSSR count). The zero-order chi connectivity index (χ0) is 10.1. The summed E-state index contributed by atoms with van der Waals surface area (Å²) in [5.41, 5.74) is 5.94. The fourth-order valence-electron chi connectivity index (χ4n) is 1.90. The fraction of sp³-hybridized carbons (Fsp3) is 0.778. The lowest BCUT2D eigenvalue weighted by Crippen LogP contribution is -2.29. The summed E-state index contributed by atoms with van der Waals surface area (Å²) in [6.45, 7) is 6.22. The van der Waals surface area contributed by atoms with Crippen LogP contribution in [0, 0.1) is 6.92 Å². The number of nitrogens with two attached hydrogens (primary N) is 1. The van der Waals surface area contributed by atoms with Gasteiger partial charge in [0.1, 0.15) is 11.6 Å². The molecule has 0 amide bonds. The summed E-state index contributed by atoms with van der Waals surface area (Å²) in [6.07, 6.45) is 0. The van der Waals surface area contributed by atoms with Gasteiger partial charge in [-0.05, 0) is 13.8 Å². The van der Waals surface area contributed by atoms with E-state index >= 15 is 0 Å². The van der Waals surface area contributed by atoms with E-state index in [1.165, 1.54) is 0 Å². The third-order valence-corrected chi connectivity index (χ3v) is 2.74. The number of aromatic nitrogens is 3. The zero-order valence-electron chi connectivity index (χ0n) is 8.60. The van der Waals surface area contributed by atoms with Crippen LogP contribution in [-0.2, 0) is 11.3 Å². The Hall–Kier alpha value is -0.940. The lowest BCUT2D eigenvalue weighted by Gasteiger charge is -2.13. The molecule has 1 aromatic heterocycles. The van der Waals surface area contributed by atoms with E-state index in [1.807, 2.05) is 6.92 Å². The monoisotopic (exact) mass is 196 g/mol. The topological polar surface area (TPSA) is 66.0 Å². The molecule has 0 aromatic carbocycles. The van der Waals surface area contributed by atoms with Crippen LogP contribution in [0.2, 0.25) is 0 Å². The van der Waals surface area contributed by atoms with Gasteiger partial charge >= 0.3 is 0 Å². The van der Waals surface area contributed by atoms with Crippen LogP contribution in [-0.4, -0.2) is 34.0 Å². The first-order valence-corrected chi connectivity index (χ1v) is 4.97. The Labute approximate surface area is 83.3 Å². The maximum atomic E-state index is 5.94. The molecule has 14 heavy (non-hydrogen) atoms. The largest absolute Gasteiger partial charge is 0.379 e. The minimum absolute atomic E-state index is 0.0592. The van der Waals surface area contributed by atoms with Crippen molar-refractivity contribution in [2.45, 2.75) is 32.4 Å². The minimum atomic E-state index is 0.0592. The number of nitrogens with zero attached hydrogens (tertiary/aromatic N) is 3. The Morgan fingerprint density at radius 1 is 1.50 bits per heavy atom. The van der Waals surface area contributed by atoms with E-state index in [0.29, 0.717) is 13.2 Å². The van der Waals surface area contributed by atoms with Crippen LogP contribution in [0.15, 0.2) is 0 Å². The van der Waals surface area contributed by atoms with Crippen LogP contribution in [0.1, 0.15) is 24.5 Å². The molecule has 2 heterocycles. The Bertz CT molecular complexity index is 323. The third kappa shape index (κ3) is 1.42. The highest BCUT2D eigenvalue weighted by molar-refractivity contribution is 5.06. The first kappa shape index (κ1) is 9.61. The maximum absolute atomic E-state index is 5.94. The highest BCUT2D eigenvalue weighted by Gasteiger charge is 2.30. The summed E-state index contributed by atoms with van der Waals surface area (Å²) in [5, 5.41) is 8.24. The average molecular weight is 196 g/mol. The fourth-order valence-corrected chi connectivity index (χ4v) is 1.90. The van der Waals surface area contributed by atoms with Gasteiger partial charge in [-0.1, -0.05) is 0 Å². The highest BCUT2D eigenvalue weighted by Crippen LogP contribution is 2.23. The number of ether oxygens (including phenoxy) is 1. The molecule has 1 aromatic rings. The van der Waals surface area contributed by atoms with Crippen molar-refractivity contribution >= 4 is 0 Å². The molecule has 2 atom stereocenters. The molecule has 78 valence electrons. The van der Waals surface area contributed by atoms with E-state index in [4.69, 9.17) is 10.5 Å². The van der Waals surface area contributed by atoms with Crippen LogP contribution in [0.25, 0.3) is 0 Å². The van der Waals surface area contributed by atoms with Crippen molar-refractivity contribution in [2.75, 3.05) is 13.2 Å². The molecule has 2 N–H and O–H groups in total. The SMILES string of the molecule is CCn1c(C)nnc1C1COCC1N. The Balaban J connectivity index is 2.30. The summed E-state index contributed by atoms with van der Waals surface area (Å²) < 4.78 is 7.42. The molecule has 0 radical (unpaired) electrons. The van der Waals surface area contributed by atoms with Crippen LogP contribution in [0.5, 0.6) is 0 Å². The van der Waals surface area contributed by atoms with Gasteiger partial charge in [0.2, 0.25) is 0 Å². The van der Waals surface area contributed by atoms with E-state index in [1.54, 1.807) is 0 Å². The smallest absolute Gasteiger partial charge is 0.140 e.